The van der Waals surface area contributed by atoms with E-state index in [2.05, 4.69) is 26.3 Å². The molecule has 1 N–H and O–H groups in total. The van der Waals surface area contributed by atoms with Crippen LogP contribution in [0.4, 0.5) is 13.2 Å². The maximum absolute atomic E-state index is 13.3. The fourth-order valence-corrected chi connectivity index (χ4v) is 2.33. The Morgan fingerprint density at radius 1 is 1.30 bits per heavy atom. The van der Waals surface area contributed by atoms with E-state index >= 15 is 0 Å². The van der Waals surface area contributed by atoms with Gasteiger partial charge < -0.3 is 5.32 Å². The summed E-state index contributed by atoms with van der Waals surface area (Å²) in [6, 6.07) is 6.68. The van der Waals surface area contributed by atoms with Crippen molar-refractivity contribution in [3.8, 4) is 5.69 Å². The van der Waals surface area contributed by atoms with Crippen molar-refractivity contribution in [1.29, 1.82) is 0 Å². The molecule has 0 aliphatic heterocycles. The summed E-state index contributed by atoms with van der Waals surface area (Å²) >= 11 is 3.25. The second-order valence-electron chi connectivity index (χ2n) is 4.16. The molecular weight excluding hydrogens is 335 g/mol. The van der Waals surface area contributed by atoms with Crippen molar-refractivity contribution in [2.24, 2.45) is 0 Å². The number of hydrogen-bond acceptors (Lipinski definition) is 2. The van der Waals surface area contributed by atoms with Gasteiger partial charge in [-0.25, -0.2) is 4.68 Å². The summed E-state index contributed by atoms with van der Waals surface area (Å²) in [5.74, 6) is 0. The van der Waals surface area contributed by atoms with Gasteiger partial charge in [-0.2, -0.15) is 18.3 Å². The number of aromatic nitrogens is 2. The summed E-state index contributed by atoms with van der Waals surface area (Å²) in [6.45, 7) is 2.57. The number of para-hydroxylation sites is 1. The van der Waals surface area contributed by atoms with Crippen LogP contribution in [-0.4, -0.2) is 16.3 Å². The third kappa shape index (κ3) is 3.04. The Hall–Kier alpha value is -1.34. The van der Waals surface area contributed by atoms with E-state index in [9.17, 15) is 13.2 Å². The first-order chi connectivity index (χ1) is 9.45. The lowest BCUT2D eigenvalue weighted by atomic mass is 10.2. The van der Waals surface area contributed by atoms with E-state index in [4.69, 9.17) is 0 Å². The van der Waals surface area contributed by atoms with Crippen molar-refractivity contribution < 1.29 is 13.2 Å². The number of nitrogens with zero attached hydrogens (tertiary/aromatic N) is 2. The van der Waals surface area contributed by atoms with Crippen molar-refractivity contribution >= 4 is 15.9 Å². The minimum atomic E-state index is -4.46. The topological polar surface area (TPSA) is 29.9 Å². The van der Waals surface area contributed by atoms with Crippen molar-refractivity contribution in [1.82, 2.24) is 15.1 Å². The zero-order valence-corrected chi connectivity index (χ0v) is 12.3. The molecular formula is C13H13BrF3N3. The highest BCUT2D eigenvalue weighted by Crippen LogP contribution is 2.35. The number of alkyl halides is 3. The van der Waals surface area contributed by atoms with Gasteiger partial charge in [-0.15, -0.1) is 0 Å². The van der Waals surface area contributed by atoms with Gasteiger partial charge in [0.15, 0.2) is 5.69 Å². The number of benzene rings is 1. The third-order valence-electron chi connectivity index (χ3n) is 2.76. The molecule has 0 atom stereocenters. The van der Waals surface area contributed by atoms with Crippen molar-refractivity contribution in [3.05, 3.63) is 46.2 Å². The smallest absolute Gasteiger partial charge is 0.313 e. The molecule has 0 aliphatic carbocycles. The molecule has 1 heterocycles. The van der Waals surface area contributed by atoms with Crippen LogP contribution in [0.25, 0.3) is 5.69 Å². The van der Waals surface area contributed by atoms with E-state index in [0.717, 1.165) is 4.68 Å². The van der Waals surface area contributed by atoms with Crippen molar-refractivity contribution in [2.75, 3.05) is 6.54 Å². The SMILES string of the molecule is CCNCc1cnn(-c2ccccc2Br)c1C(F)(F)F. The maximum atomic E-state index is 13.3. The van der Waals surface area contributed by atoms with Crippen molar-refractivity contribution in [3.63, 3.8) is 0 Å². The van der Waals surface area contributed by atoms with E-state index in [1.165, 1.54) is 6.20 Å². The van der Waals surface area contributed by atoms with E-state index in [1.807, 2.05) is 6.92 Å². The van der Waals surface area contributed by atoms with Crippen LogP contribution in [0.2, 0.25) is 0 Å². The Bertz CT molecular complexity index is 593. The second-order valence-corrected chi connectivity index (χ2v) is 5.01. The fraction of sp³-hybridized carbons (Fsp3) is 0.308. The summed E-state index contributed by atoms with van der Waals surface area (Å²) in [4.78, 5) is 0. The molecule has 0 unspecified atom stereocenters. The van der Waals surface area contributed by atoms with Gasteiger partial charge in [0.25, 0.3) is 0 Å². The first kappa shape index (κ1) is 15.1. The molecule has 1 aromatic carbocycles. The summed E-state index contributed by atoms with van der Waals surface area (Å²) in [6.07, 6.45) is -3.21. The predicted molar refractivity (Wildman–Crippen MR) is 73.6 cm³/mol. The van der Waals surface area contributed by atoms with E-state index < -0.39 is 11.9 Å². The van der Waals surface area contributed by atoms with Crippen LogP contribution in [-0.2, 0) is 12.7 Å². The molecule has 2 rings (SSSR count). The first-order valence-electron chi connectivity index (χ1n) is 6.05. The summed E-state index contributed by atoms with van der Waals surface area (Å²) in [5.41, 5.74) is -0.247. The van der Waals surface area contributed by atoms with E-state index in [-0.39, 0.29) is 12.1 Å². The van der Waals surface area contributed by atoms with Gasteiger partial charge in [-0.05, 0) is 34.6 Å². The standard InChI is InChI=1S/C13H13BrF3N3/c1-2-18-7-9-8-19-20(12(9)13(15,16)17)11-6-4-3-5-10(11)14/h3-6,8,18H,2,7H2,1H3. The molecule has 2 aromatic rings. The van der Waals surface area contributed by atoms with Gasteiger partial charge in [0.2, 0.25) is 0 Å². The monoisotopic (exact) mass is 347 g/mol. The molecule has 1 aromatic heterocycles. The van der Waals surface area contributed by atoms with Crippen LogP contribution < -0.4 is 5.32 Å². The summed E-state index contributed by atoms with van der Waals surface area (Å²) in [7, 11) is 0. The molecule has 7 heteroatoms. The zero-order valence-electron chi connectivity index (χ0n) is 10.7. The van der Waals surface area contributed by atoms with Gasteiger partial charge in [0.05, 0.1) is 11.9 Å². The summed E-state index contributed by atoms with van der Waals surface area (Å²) in [5, 5.41) is 6.78. The summed E-state index contributed by atoms with van der Waals surface area (Å²) < 4.78 is 41.3. The average Bonchev–Trinajstić information content (AvgIpc) is 2.80. The lowest BCUT2D eigenvalue weighted by Gasteiger charge is -2.14. The molecule has 3 nitrogen and oxygen atoms in total. The molecule has 0 amide bonds. The van der Waals surface area contributed by atoms with Gasteiger partial charge in [0, 0.05) is 16.6 Å². The first-order valence-corrected chi connectivity index (χ1v) is 6.84. The van der Waals surface area contributed by atoms with Gasteiger partial charge in [-0.3, -0.25) is 0 Å². The van der Waals surface area contributed by atoms with Crippen molar-refractivity contribution in [2.45, 2.75) is 19.6 Å². The third-order valence-corrected chi connectivity index (χ3v) is 3.43. The molecule has 0 saturated heterocycles. The molecule has 20 heavy (non-hydrogen) atoms. The Labute approximate surface area is 122 Å². The lowest BCUT2D eigenvalue weighted by molar-refractivity contribution is -0.143. The molecule has 108 valence electrons. The van der Waals surface area contributed by atoms with Crippen LogP contribution >= 0.6 is 15.9 Å². The highest BCUT2D eigenvalue weighted by atomic mass is 79.9. The number of halogens is 4. The van der Waals surface area contributed by atoms with Gasteiger partial charge in [-0.1, -0.05) is 19.1 Å². The van der Waals surface area contributed by atoms with Crippen LogP contribution in [0, 0.1) is 0 Å². The van der Waals surface area contributed by atoms with E-state index in [0.29, 0.717) is 16.7 Å². The normalized spacial score (nSPS) is 11.8. The molecule has 0 fully saturated rings. The highest BCUT2D eigenvalue weighted by molar-refractivity contribution is 9.10. The molecule has 0 radical (unpaired) electrons. The lowest BCUT2D eigenvalue weighted by Crippen LogP contribution is -2.19. The Balaban J connectivity index is 2.54. The highest BCUT2D eigenvalue weighted by Gasteiger charge is 2.38. The number of rotatable bonds is 4. The maximum Gasteiger partial charge on any atom is 0.433 e. The molecule has 0 aliphatic rings. The quantitative estimate of drug-likeness (QED) is 0.912. The van der Waals surface area contributed by atoms with Gasteiger partial charge >= 0.3 is 6.18 Å². The van der Waals surface area contributed by atoms with E-state index in [1.54, 1.807) is 24.3 Å². The predicted octanol–water partition coefficient (Wildman–Crippen LogP) is 3.76. The minimum absolute atomic E-state index is 0.134. The second kappa shape index (κ2) is 5.97. The Kier molecular flexibility index (Phi) is 4.49. The number of nitrogens with one attached hydrogen (secondary N) is 1. The molecule has 0 saturated carbocycles. The van der Waals surface area contributed by atoms with Crippen LogP contribution in [0.3, 0.4) is 0 Å². The Morgan fingerprint density at radius 2 is 2.00 bits per heavy atom. The van der Waals surface area contributed by atoms with Crippen LogP contribution in [0.5, 0.6) is 0 Å². The zero-order chi connectivity index (χ0) is 14.8. The minimum Gasteiger partial charge on any atom is -0.313 e. The molecule has 0 spiro atoms. The van der Waals surface area contributed by atoms with Crippen LogP contribution in [0.1, 0.15) is 18.2 Å². The van der Waals surface area contributed by atoms with Gasteiger partial charge in [0.1, 0.15) is 0 Å². The largest absolute Gasteiger partial charge is 0.433 e. The number of hydrogen-bond donors (Lipinski definition) is 1. The molecule has 0 bridgehead atoms. The van der Waals surface area contributed by atoms with Crippen LogP contribution in [0.15, 0.2) is 34.9 Å². The Morgan fingerprint density at radius 3 is 2.60 bits per heavy atom. The fourth-order valence-electron chi connectivity index (χ4n) is 1.88. The average molecular weight is 348 g/mol.